The van der Waals surface area contributed by atoms with Gasteiger partial charge in [-0.15, -0.1) is 0 Å². The molecule has 7 nitrogen and oxygen atoms in total. The fourth-order valence-corrected chi connectivity index (χ4v) is 1.59. The molecule has 0 aliphatic heterocycles. The van der Waals surface area contributed by atoms with E-state index in [1.165, 1.54) is 0 Å². The van der Waals surface area contributed by atoms with E-state index in [-0.39, 0.29) is 23.2 Å². The van der Waals surface area contributed by atoms with Crippen molar-refractivity contribution in [2.45, 2.75) is 32.8 Å². The number of hydrogen-bond acceptors (Lipinski definition) is 6. The molecule has 18 heavy (non-hydrogen) atoms. The van der Waals surface area contributed by atoms with Gasteiger partial charge in [0.25, 0.3) is 0 Å². The lowest BCUT2D eigenvalue weighted by Gasteiger charge is -2.09. The van der Waals surface area contributed by atoms with Crippen LogP contribution in [0.1, 0.15) is 26.1 Å². The Hall–Kier alpha value is -1.47. The summed E-state index contributed by atoms with van der Waals surface area (Å²) in [6.45, 7) is 3.66. The number of aliphatic hydroxyl groups excluding tert-OH is 1. The second-order valence-electron chi connectivity index (χ2n) is 3.86. The van der Waals surface area contributed by atoms with Crippen LogP contribution in [0.4, 0.5) is 11.5 Å². The molecule has 0 radical (unpaired) electrons. The molecule has 0 aliphatic carbocycles. The first-order chi connectivity index (χ1) is 8.45. The van der Waals surface area contributed by atoms with Gasteiger partial charge in [-0.25, -0.2) is 9.97 Å². The van der Waals surface area contributed by atoms with Gasteiger partial charge in [0, 0.05) is 13.0 Å². The number of aliphatic hydroxyl groups is 1. The summed E-state index contributed by atoms with van der Waals surface area (Å²) in [6.07, 6.45) is 0.749. The van der Waals surface area contributed by atoms with Gasteiger partial charge in [-0.1, -0.05) is 18.5 Å². The number of anilines is 1. The van der Waals surface area contributed by atoms with Gasteiger partial charge in [0.15, 0.2) is 0 Å². The number of nitrogens with one attached hydrogen (secondary N) is 1. The van der Waals surface area contributed by atoms with Gasteiger partial charge in [-0.2, -0.15) is 0 Å². The van der Waals surface area contributed by atoms with Crippen LogP contribution in [0.5, 0.6) is 0 Å². The van der Waals surface area contributed by atoms with Crippen molar-refractivity contribution in [1.29, 1.82) is 0 Å². The second kappa shape index (κ2) is 6.46. The van der Waals surface area contributed by atoms with Gasteiger partial charge in [-0.05, 0) is 13.3 Å². The number of aryl methyl sites for hydroxylation is 1. The molecule has 0 bridgehead atoms. The van der Waals surface area contributed by atoms with Crippen molar-refractivity contribution in [2.24, 2.45) is 0 Å². The number of halogens is 1. The summed E-state index contributed by atoms with van der Waals surface area (Å²) in [4.78, 5) is 18.2. The highest BCUT2D eigenvalue weighted by Crippen LogP contribution is 2.29. The number of nitro groups is 1. The van der Waals surface area contributed by atoms with Crippen molar-refractivity contribution >= 4 is 23.1 Å². The molecule has 2 N–H and O–H groups in total. The maximum atomic E-state index is 10.9. The first-order valence-corrected chi connectivity index (χ1v) is 5.96. The lowest BCUT2D eigenvalue weighted by Crippen LogP contribution is -2.18. The molecule has 0 amide bonds. The summed E-state index contributed by atoms with van der Waals surface area (Å²) >= 11 is 5.79. The van der Waals surface area contributed by atoms with Crippen LogP contribution in [0.3, 0.4) is 0 Å². The van der Waals surface area contributed by atoms with Gasteiger partial charge < -0.3 is 10.4 Å². The van der Waals surface area contributed by atoms with Gasteiger partial charge in [-0.3, -0.25) is 10.1 Å². The van der Waals surface area contributed by atoms with Gasteiger partial charge in [0.2, 0.25) is 11.0 Å². The molecule has 0 fully saturated rings. The third-order valence-corrected chi connectivity index (χ3v) is 2.37. The molecule has 1 heterocycles. The summed E-state index contributed by atoms with van der Waals surface area (Å²) in [5.41, 5.74) is -0.364. The topological polar surface area (TPSA) is 101 Å². The van der Waals surface area contributed by atoms with E-state index in [0.29, 0.717) is 12.2 Å². The molecule has 1 aromatic heterocycles. The van der Waals surface area contributed by atoms with E-state index >= 15 is 0 Å². The van der Waals surface area contributed by atoms with Crippen molar-refractivity contribution in [1.82, 2.24) is 9.97 Å². The molecular formula is C10H15ClN4O3. The van der Waals surface area contributed by atoms with E-state index in [1.807, 2.05) is 6.92 Å². The maximum Gasteiger partial charge on any atom is 0.348 e. The predicted octanol–water partition coefficient (Wildman–Crippen LogP) is 1.78. The average Bonchev–Trinajstić information content (AvgIpc) is 2.25. The second-order valence-corrected chi connectivity index (χ2v) is 4.22. The molecule has 1 atom stereocenters. The Labute approximate surface area is 109 Å². The van der Waals surface area contributed by atoms with E-state index in [9.17, 15) is 15.2 Å². The van der Waals surface area contributed by atoms with Gasteiger partial charge >= 0.3 is 5.69 Å². The van der Waals surface area contributed by atoms with Crippen LogP contribution >= 0.6 is 11.6 Å². The zero-order valence-corrected chi connectivity index (χ0v) is 10.9. The van der Waals surface area contributed by atoms with E-state index in [2.05, 4.69) is 15.3 Å². The molecule has 1 unspecified atom stereocenters. The van der Waals surface area contributed by atoms with Crippen LogP contribution in [-0.4, -0.2) is 32.6 Å². The summed E-state index contributed by atoms with van der Waals surface area (Å²) < 4.78 is 0. The molecule has 8 heteroatoms. The Bertz CT molecular complexity index is 439. The van der Waals surface area contributed by atoms with Crippen molar-refractivity contribution < 1.29 is 10.0 Å². The lowest BCUT2D eigenvalue weighted by molar-refractivity contribution is -0.384. The van der Waals surface area contributed by atoms with E-state index in [0.717, 1.165) is 6.42 Å². The molecule has 0 spiro atoms. The molecule has 1 rings (SSSR count). The Kier molecular flexibility index (Phi) is 5.24. The zero-order valence-electron chi connectivity index (χ0n) is 10.2. The Morgan fingerprint density at radius 1 is 1.56 bits per heavy atom. The monoisotopic (exact) mass is 274 g/mol. The third kappa shape index (κ3) is 3.78. The highest BCUT2D eigenvalue weighted by molar-refractivity contribution is 6.31. The third-order valence-electron chi connectivity index (χ3n) is 2.11. The molecule has 1 aromatic rings. The number of aromatic nitrogens is 2. The first kappa shape index (κ1) is 14.6. The van der Waals surface area contributed by atoms with Crippen LogP contribution in [0.15, 0.2) is 0 Å². The summed E-state index contributed by atoms with van der Waals surface area (Å²) in [5, 5.41) is 22.6. The maximum absolute atomic E-state index is 10.9. The Balaban J connectivity index is 3.11. The predicted molar refractivity (Wildman–Crippen MR) is 67.9 cm³/mol. The van der Waals surface area contributed by atoms with Crippen molar-refractivity contribution in [2.75, 3.05) is 11.9 Å². The smallest absolute Gasteiger partial charge is 0.348 e. The molecular weight excluding hydrogens is 260 g/mol. The standard InChI is InChI=1S/C10H15ClN4O3/c1-3-4-7-13-9(11)8(15(17)18)10(14-7)12-5-6(2)16/h6,16H,3-5H2,1-2H3,(H,12,13,14). The quantitative estimate of drug-likeness (QED) is 0.466. The largest absolute Gasteiger partial charge is 0.392 e. The molecule has 0 aromatic carbocycles. The molecule has 0 aliphatic rings. The number of rotatable bonds is 6. The van der Waals surface area contributed by atoms with E-state index in [4.69, 9.17) is 11.6 Å². The summed E-state index contributed by atoms with van der Waals surface area (Å²) in [5.74, 6) is 0.491. The van der Waals surface area contributed by atoms with Crippen LogP contribution in [-0.2, 0) is 6.42 Å². The Morgan fingerprint density at radius 2 is 2.22 bits per heavy atom. The van der Waals surface area contributed by atoms with Crippen LogP contribution in [0.2, 0.25) is 5.15 Å². The minimum absolute atomic E-state index is 0.0457. The number of hydrogen-bond donors (Lipinski definition) is 2. The van der Waals surface area contributed by atoms with Gasteiger partial charge in [0.1, 0.15) is 5.82 Å². The highest BCUT2D eigenvalue weighted by atomic mass is 35.5. The van der Waals surface area contributed by atoms with Crippen LogP contribution in [0, 0.1) is 10.1 Å². The van der Waals surface area contributed by atoms with Crippen LogP contribution in [0.25, 0.3) is 0 Å². The first-order valence-electron chi connectivity index (χ1n) is 5.58. The van der Waals surface area contributed by atoms with Crippen molar-refractivity contribution in [3.8, 4) is 0 Å². The summed E-state index contributed by atoms with van der Waals surface area (Å²) in [6, 6.07) is 0. The van der Waals surface area contributed by atoms with Crippen molar-refractivity contribution in [3.63, 3.8) is 0 Å². The minimum Gasteiger partial charge on any atom is -0.392 e. The normalized spacial score (nSPS) is 12.2. The van der Waals surface area contributed by atoms with E-state index in [1.54, 1.807) is 6.92 Å². The fourth-order valence-electron chi connectivity index (χ4n) is 1.34. The summed E-state index contributed by atoms with van der Waals surface area (Å²) in [7, 11) is 0. The fraction of sp³-hybridized carbons (Fsp3) is 0.600. The average molecular weight is 275 g/mol. The highest BCUT2D eigenvalue weighted by Gasteiger charge is 2.23. The van der Waals surface area contributed by atoms with Crippen LogP contribution < -0.4 is 5.32 Å². The Morgan fingerprint density at radius 3 is 2.72 bits per heavy atom. The SMILES string of the molecule is CCCc1nc(Cl)c([N+](=O)[O-])c(NCC(C)O)n1. The van der Waals surface area contributed by atoms with Crippen molar-refractivity contribution in [3.05, 3.63) is 21.1 Å². The van der Waals surface area contributed by atoms with Gasteiger partial charge in [0.05, 0.1) is 11.0 Å². The molecule has 100 valence electrons. The zero-order chi connectivity index (χ0) is 13.7. The number of nitrogens with zero attached hydrogens (tertiary/aromatic N) is 3. The molecule has 0 saturated carbocycles. The lowest BCUT2D eigenvalue weighted by atomic mass is 10.3. The molecule has 0 saturated heterocycles. The van der Waals surface area contributed by atoms with E-state index < -0.39 is 11.0 Å². The minimum atomic E-state index is -0.645.